The van der Waals surface area contributed by atoms with Gasteiger partial charge in [0.25, 0.3) is 0 Å². The number of aliphatic imine (C=N–C) groups is 3. The van der Waals surface area contributed by atoms with Gasteiger partial charge in [-0.15, -0.1) is 0 Å². The largest absolute Gasteiger partial charge is 0.261 e. The van der Waals surface area contributed by atoms with Gasteiger partial charge in [0, 0.05) is 28.5 Å². The number of hydrogen-bond acceptors (Lipinski definition) is 2. The van der Waals surface area contributed by atoms with E-state index in [1.807, 2.05) is 30.5 Å². The Bertz CT molecular complexity index is 2610. The summed E-state index contributed by atoms with van der Waals surface area (Å²) in [6.45, 7) is 18.7. The van der Waals surface area contributed by atoms with Gasteiger partial charge in [0.15, 0.2) is 11.7 Å². The van der Waals surface area contributed by atoms with Crippen LogP contribution in [0.4, 0.5) is 0 Å². The van der Waals surface area contributed by atoms with E-state index >= 15 is 0 Å². The van der Waals surface area contributed by atoms with Crippen LogP contribution in [0.5, 0.6) is 0 Å². The van der Waals surface area contributed by atoms with E-state index in [-0.39, 0.29) is 16.2 Å². The summed E-state index contributed by atoms with van der Waals surface area (Å²) in [6.07, 6.45) is 1.97. The zero-order chi connectivity index (χ0) is 40.5. The van der Waals surface area contributed by atoms with E-state index < -0.39 is 0 Å². The molecule has 0 aliphatic heterocycles. The van der Waals surface area contributed by atoms with Crippen LogP contribution in [0.15, 0.2) is 185 Å². The zero-order valence-electron chi connectivity index (χ0n) is 34.4. The van der Waals surface area contributed by atoms with Crippen molar-refractivity contribution in [2.45, 2.75) is 58.9 Å². The smallest absolute Gasteiger partial charge is 0.161 e. The van der Waals surface area contributed by atoms with Crippen molar-refractivity contribution >= 4 is 18.4 Å². The third kappa shape index (κ3) is 7.16. The Labute approximate surface area is 343 Å². The molecule has 1 aliphatic carbocycles. The lowest BCUT2D eigenvalue weighted by atomic mass is 9.59. The van der Waals surface area contributed by atoms with Crippen molar-refractivity contribution in [2.75, 3.05) is 0 Å². The predicted octanol–water partition coefficient (Wildman–Crippen LogP) is 13.4. The van der Waals surface area contributed by atoms with Gasteiger partial charge < -0.3 is 0 Å². The standard InChI is InChI=1S/C54H50N4/c1-52(2)47-32-30-45(34-48(47)53(3,4)54(52,5)6)49-33-31-46(36-56-49)42-24-26-43(27-25-42)50(55-7)58-51(44-28-22-41(23-29-44)39-16-12-9-13-17-39)57-35-37-18-20-40(21-19-37)38-14-10-8-11-15-38/h8-34,36H,7,35H2,1-6H3/b57-51-,58-50-. The van der Waals surface area contributed by atoms with Crippen LogP contribution in [0.2, 0.25) is 0 Å². The minimum atomic E-state index is 0.0424. The number of rotatable bonds is 8. The second-order valence-corrected chi connectivity index (χ2v) is 16.9. The summed E-state index contributed by atoms with van der Waals surface area (Å²) < 4.78 is 0. The first-order chi connectivity index (χ1) is 28.0. The predicted molar refractivity (Wildman–Crippen MR) is 245 cm³/mol. The molecule has 0 saturated heterocycles. The molecule has 0 atom stereocenters. The molecule has 1 aliphatic rings. The van der Waals surface area contributed by atoms with Crippen LogP contribution in [0.3, 0.4) is 0 Å². The molecule has 0 bridgehead atoms. The van der Waals surface area contributed by atoms with E-state index in [1.54, 1.807) is 0 Å². The highest BCUT2D eigenvalue weighted by Gasteiger charge is 2.56. The van der Waals surface area contributed by atoms with Gasteiger partial charge in [-0.25, -0.2) is 9.98 Å². The second-order valence-electron chi connectivity index (χ2n) is 16.9. The molecule has 4 heteroatoms. The number of fused-ring (bicyclic) bond motifs is 1. The quantitative estimate of drug-likeness (QED) is 0.113. The van der Waals surface area contributed by atoms with Gasteiger partial charge in [0.05, 0.1) is 12.2 Å². The number of aromatic nitrogens is 1. The maximum absolute atomic E-state index is 5.05. The fraction of sp³-hybridized carbons (Fsp3) is 0.185. The molecule has 0 radical (unpaired) electrons. The van der Waals surface area contributed by atoms with Gasteiger partial charge in [-0.05, 0) is 79.6 Å². The lowest BCUT2D eigenvalue weighted by Gasteiger charge is -2.44. The molecule has 58 heavy (non-hydrogen) atoms. The summed E-state index contributed by atoms with van der Waals surface area (Å²) in [5.41, 5.74) is 14.9. The Balaban J connectivity index is 1.05. The molecule has 1 aromatic heterocycles. The highest BCUT2D eigenvalue weighted by atomic mass is 15.0. The maximum Gasteiger partial charge on any atom is 0.161 e. The molecule has 0 N–H and O–H groups in total. The summed E-state index contributed by atoms with van der Waals surface area (Å²) in [6, 6.07) is 57.2. The number of nitrogens with zero attached hydrogens (tertiary/aromatic N) is 4. The Kier molecular flexibility index (Phi) is 10.2. The SMILES string of the molecule is C=N/C(=N\C(=N/Cc1ccc(-c2ccccc2)cc1)c1ccc(-c2ccccc2)cc1)c1ccc(-c2ccc(-c3ccc4c(c3)C(C)(C)C(C)(C)C4(C)C)nc2)cc1. The number of hydrogen-bond donors (Lipinski definition) is 0. The molecule has 0 amide bonds. The zero-order valence-corrected chi connectivity index (χ0v) is 34.4. The molecule has 0 spiro atoms. The fourth-order valence-corrected chi connectivity index (χ4v) is 8.29. The third-order valence-electron chi connectivity index (χ3n) is 13.1. The van der Waals surface area contributed by atoms with Crippen molar-refractivity contribution in [3.8, 4) is 44.6 Å². The van der Waals surface area contributed by atoms with Crippen LogP contribution in [-0.4, -0.2) is 23.4 Å². The normalized spacial score (nSPS) is 15.5. The fourth-order valence-electron chi connectivity index (χ4n) is 8.29. The lowest BCUT2D eigenvalue weighted by molar-refractivity contribution is 0.125. The number of pyridine rings is 1. The van der Waals surface area contributed by atoms with E-state index in [4.69, 9.17) is 15.0 Å². The average Bonchev–Trinajstić information content (AvgIpc) is 3.37. The first kappa shape index (κ1) is 38.4. The van der Waals surface area contributed by atoms with Gasteiger partial charge in [-0.2, -0.15) is 0 Å². The van der Waals surface area contributed by atoms with Crippen LogP contribution < -0.4 is 0 Å². The highest BCUT2D eigenvalue weighted by Crippen LogP contribution is 2.61. The van der Waals surface area contributed by atoms with Gasteiger partial charge in [0.2, 0.25) is 0 Å². The third-order valence-corrected chi connectivity index (χ3v) is 13.1. The van der Waals surface area contributed by atoms with Gasteiger partial charge in [0.1, 0.15) is 0 Å². The molecular weight excluding hydrogens is 705 g/mol. The molecular formula is C54H50N4. The van der Waals surface area contributed by atoms with Crippen molar-refractivity contribution < 1.29 is 0 Å². The topological polar surface area (TPSA) is 50.0 Å². The molecule has 7 aromatic rings. The van der Waals surface area contributed by atoms with Crippen molar-refractivity contribution in [1.82, 2.24) is 4.98 Å². The molecule has 4 nitrogen and oxygen atoms in total. The Morgan fingerprint density at radius 1 is 0.483 bits per heavy atom. The maximum atomic E-state index is 5.05. The van der Waals surface area contributed by atoms with E-state index in [1.165, 1.54) is 22.3 Å². The molecule has 6 aromatic carbocycles. The van der Waals surface area contributed by atoms with E-state index in [0.717, 1.165) is 50.2 Å². The number of benzene rings is 6. The van der Waals surface area contributed by atoms with Crippen LogP contribution in [0.25, 0.3) is 44.6 Å². The van der Waals surface area contributed by atoms with Crippen molar-refractivity contribution in [1.29, 1.82) is 0 Å². The van der Waals surface area contributed by atoms with E-state index in [2.05, 4.69) is 193 Å². The second kappa shape index (κ2) is 15.4. The Morgan fingerprint density at radius 2 is 0.948 bits per heavy atom. The van der Waals surface area contributed by atoms with Gasteiger partial charge >= 0.3 is 0 Å². The first-order valence-electron chi connectivity index (χ1n) is 20.1. The van der Waals surface area contributed by atoms with E-state index in [0.29, 0.717) is 18.2 Å². The molecule has 8 rings (SSSR count). The Hall–Kier alpha value is -6.52. The summed E-state index contributed by atoms with van der Waals surface area (Å²) in [4.78, 5) is 19.4. The average molecular weight is 755 g/mol. The summed E-state index contributed by atoms with van der Waals surface area (Å²) in [5.74, 6) is 1.11. The Morgan fingerprint density at radius 3 is 1.48 bits per heavy atom. The number of amidine groups is 2. The van der Waals surface area contributed by atoms with Crippen molar-refractivity contribution in [3.05, 3.63) is 198 Å². The van der Waals surface area contributed by atoms with Gasteiger partial charge in [-0.1, -0.05) is 193 Å². The monoisotopic (exact) mass is 754 g/mol. The minimum absolute atomic E-state index is 0.0424. The van der Waals surface area contributed by atoms with Crippen LogP contribution >= 0.6 is 0 Å². The molecule has 1 heterocycles. The summed E-state index contributed by atoms with van der Waals surface area (Å²) >= 11 is 0. The van der Waals surface area contributed by atoms with E-state index in [9.17, 15) is 0 Å². The summed E-state index contributed by atoms with van der Waals surface area (Å²) in [5, 5.41) is 0. The van der Waals surface area contributed by atoms with Gasteiger partial charge in [-0.3, -0.25) is 9.98 Å². The highest BCUT2D eigenvalue weighted by molar-refractivity contribution is 6.12. The van der Waals surface area contributed by atoms with Crippen LogP contribution in [-0.2, 0) is 17.4 Å². The molecule has 0 saturated carbocycles. The van der Waals surface area contributed by atoms with Crippen LogP contribution in [0, 0.1) is 5.41 Å². The molecule has 0 unspecified atom stereocenters. The molecule has 0 fully saturated rings. The molecule has 286 valence electrons. The first-order valence-corrected chi connectivity index (χ1v) is 20.1. The van der Waals surface area contributed by atoms with Crippen LogP contribution in [0.1, 0.15) is 69.4 Å². The lowest BCUT2D eigenvalue weighted by Crippen LogP contribution is -2.42. The van der Waals surface area contributed by atoms with Crippen molar-refractivity contribution in [2.24, 2.45) is 20.4 Å². The van der Waals surface area contributed by atoms with Crippen molar-refractivity contribution in [3.63, 3.8) is 0 Å². The minimum Gasteiger partial charge on any atom is -0.261 e. The summed E-state index contributed by atoms with van der Waals surface area (Å²) in [7, 11) is 0.